The second-order valence-electron chi connectivity index (χ2n) is 6.53. The van der Waals surface area contributed by atoms with Crippen LogP contribution in [-0.4, -0.2) is 27.9 Å². The zero-order valence-electron chi connectivity index (χ0n) is 16.4. The number of hydrogen-bond acceptors (Lipinski definition) is 6. The summed E-state index contributed by atoms with van der Waals surface area (Å²) in [7, 11) is 0. The van der Waals surface area contributed by atoms with E-state index >= 15 is 0 Å². The Bertz CT molecular complexity index is 1200. The molecular weight excluding hydrogens is 434 g/mol. The lowest BCUT2D eigenvalue weighted by Gasteiger charge is -2.15. The number of amides is 1. The number of anilines is 1. The van der Waals surface area contributed by atoms with E-state index in [0.29, 0.717) is 38.6 Å². The molecule has 0 bridgehead atoms. The molecule has 0 aliphatic carbocycles. The first kappa shape index (κ1) is 20.9. The summed E-state index contributed by atoms with van der Waals surface area (Å²) in [6.07, 6.45) is 1.64. The maximum absolute atomic E-state index is 12.9. The summed E-state index contributed by atoms with van der Waals surface area (Å²) in [6, 6.07) is 17.1. The van der Waals surface area contributed by atoms with Crippen molar-refractivity contribution in [2.75, 3.05) is 11.5 Å². The van der Waals surface area contributed by atoms with Crippen molar-refractivity contribution in [3.8, 4) is 17.1 Å². The Hall–Kier alpha value is -3.36. The molecule has 1 aliphatic rings. The zero-order valence-corrected chi connectivity index (χ0v) is 18.0. The predicted molar refractivity (Wildman–Crippen MR) is 124 cm³/mol. The fourth-order valence-corrected chi connectivity index (χ4v) is 4.35. The van der Waals surface area contributed by atoms with Gasteiger partial charge in [0.1, 0.15) is 17.3 Å². The Morgan fingerprint density at radius 3 is 2.68 bits per heavy atom. The highest BCUT2D eigenvalue weighted by molar-refractivity contribution is 8.27. The van der Waals surface area contributed by atoms with Crippen LogP contribution < -0.4 is 9.64 Å². The van der Waals surface area contributed by atoms with Crippen molar-refractivity contribution in [3.05, 3.63) is 76.9 Å². The Labute approximate surface area is 188 Å². The zero-order chi connectivity index (χ0) is 22.0. The average molecular weight is 452 g/mol. The predicted octanol–water partition coefficient (Wildman–Crippen LogP) is 5.45. The molecule has 156 valence electrons. The molecule has 2 aromatic carbocycles. The number of ether oxygens (including phenoxy) is 1. The summed E-state index contributed by atoms with van der Waals surface area (Å²) in [5, 5.41) is 9.16. The van der Waals surface area contributed by atoms with E-state index in [0.717, 1.165) is 5.75 Å². The van der Waals surface area contributed by atoms with Crippen LogP contribution in [-0.2, 0) is 4.79 Å². The van der Waals surface area contributed by atoms with Gasteiger partial charge < -0.3 is 14.3 Å². The van der Waals surface area contributed by atoms with Gasteiger partial charge in [0.05, 0.1) is 22.8 Å². The molecule has 1 fully saturated rings. The van der Waals surface area contributed by atoms with Gasteiger partial charge >= 0.3 is 5.97 Å². The van der Waals surface area contributed by atoms with Crippen molar-refractivity contribution in [3.63, 3.8) is 0 Å². The molecular formula is C23H17NO5S2. The Morgan fingerprint density at radius 2 is 1.97 bits per heavy atom. The van der Waals surface area contributed by atoms with E-state index in [1.54, 1.807) is 54.6 Å². The van der Waals surface area contributed by atoms with Crippen molar-refractivity contribution < 1.29 is 23.8 Å². The number of carbonyl (C=O) groups excluding carboxylic acids is 1. The summed E-state index contributed by atoms with van der Waals surface area (Å²) < 4.78 is 11.7. The highest BCUT2D eigenvalue weighted by Gasteiger charge is 2.33. The smallest absolute Gasteiger partial charge is 0.335 e. The van der Waals surface area contributed by atoms with Gasteiger partial charge in [0.15, 0.2) is 4.32 Å². The van der Waals surface area contributed by atoms with Crippen molar-refractivity contribution in [1.82, 2.24) is 0 Å². The minimum Gasteiger partial charge on any atom is -0.494 e. The van der Waals surface area contributed by atoms with Gasteiger partial charge in [-0.25, -0.2) is 4.79 Å². The quantitative estimate of drug-likeness (QED) is 0.394. The van der Waals surface area contributed by atoms with Gasteiger partial charge in [-0.2, -0.15) is 0 Å². The summed E-state index contributed by atoms with van der Waals surface area (Å²) >= 11 is 6.60. The molecule has 0 unspecified atom stereocenters. The average Bonchev–Trinajstić information content (AvgIpc) is 3.34. The van der Waals surface area contributed by atoms with Crippen LogP contribution in [0.25, 0.3) is 17.4 Å². The third-order valence-electron chi connectivity index (χ3n) is 4.49. The number of carbonyl (C=O) groups is 2. The molecule has 2 heterocycles. The molecule has 8 heteroatoms. The fraction of sp³-hybridized carbons (Fsp3) is 0.0870. The van der Waals surface area contributed by atoms with E-state index < -0.39 is 5.97 Å². The fourth-order valence-electron chi connectivity index (χ4n) is 3.07. The van der Waals surface area contributed by atoms with Gasteiger partial charge in [0.25, 0.3) is 5.91 Å². The molecule has 4 rings (SSSR count). The number of carboxylic acid groups (broad SMARTS) is 1. The van der Waals surface area contributed by atoms with Gasteiger partial charge in [-0.05, 0) is 55.5 Å². The highest BCUT2D eigenvalue weighted by Crippen LogP contribution is 2.37. The van der Waals surface area contributed by atoms with Crippen LogP contribution >= 0.6 is 24.0 Å². The number of nitrogens with zero attached hydrogens (tertiary/aromatic N) is 1. The number of rotatable bonds is 6. The van der Waals surface area contributed by atoms with E-state index in [4.69, 9.17) is 26.5 Å². The first-order valence-corrected chi connectivity index (χ1v) is 10.6. The summed E-state index contributed by atoms with van der Waals surface area (Å²) in [6.45, 7) is 2.47. The second kappa shape index (κ2) is 8.79. The standard InChI is InChI=1S/C23H17NO5S2/c1-2-28-17-8-6-16(7-9-17)24-21(25)20(31-23(24)30)13-18-10-11-19(29-18)14-4-3-5-15(12-14)22(26)27/h3-13H,2H2,1H3,(H,26,27)/b20-13+. The Morgan fingerprint density at radius 1 is 1.19 bits per heavy atom. The molecule has 0 saturated carbocycles. The van der Waals surface area contributed by atoms with Crippen molar-refractivity contribution >= 4 is 51.9 Å². The number of aromatic carboxylic acids is 1. The number of furan rings is 1. The van der Waals surface area contributed by atoms with Gasteiger partial charge in [-0.15, -0.1) is 0 Å². The Kier molecular flexibility index (Phi) is 5.92. The SMILES string of the molecule is CCOc1ccc(N2C(=O)/C(=C\c3ccc(-c4cccc(C(=O)O)c4)o3)SC2=S)cc1. The first-order chi connectivity index (χ1) is 15.0. The molecule has 31 heavy (non-hydrogen) atoms. The molecule has 0 spiro atoms. The Balaban J connectivity index is 1.56. The maximum Gasteiger partial charge on any atom is 0.335 e. The normalized spacial score (nSPS) is 15.0. The molecule has 6 nitrogen and oxygen atoms in total. The van der Waals surface area contributed by atoms with Crippen LogP contribution in [0.4, 0.5) is 5.69 Å². The van der Waals surface area contributed by atoms with E-state index in [2.05, 4.69) is 0 Å². The number of carboxylic acids is 1. The van der Waals surface area contributed by atoms with E-state index in [-0.39, 0.29) is 11.5 Å². The lowest BCUT2D eigenvalue weighted by molar-refractivity contribution is -0.113. The molecule has 1 aliphatic heterocycles. The molecule has 3 aromatic rings. The number of benzene rings is 2. The number of thioether (sulfide) groups is 1. The molecule has 1 N–H and O–H groups in total. The first-order valence-electron chi connectivity index (χ1n) is 9.40. The summed E-state index contributed by atoms with van der Waals surface area (Å²) in [4.78, 5) is 26.0. The van der Waals surface area contributed by atoms with Crippen LogP contribution in [0.1, 0.15) is 23.0 Å². The maximum atomic E-state index is 12.9. The molecule has 1 amide bonds. The van der Waals surface area contributed by atoms with Crippen LogP contribution in [0.5, 0.6) is 5.75 Å². The minimum atomic E-state index is -1.01. The van der Waals surface area contributed by atoms with Crippen LogP contribution in [0, 0.1) is 0 Å². The van der Waals surface area contributed by atoms with Gasteiger partial charge in [0.2, 0.25) is 0 Å². The number of hydrogen-bond donors (Lipinski definition) is 1. The molecule has 1 saturated heterocycles. The minimum absolute atomic E-state index is 0.173. The summed E-state index contributed by atoms with van der Waals surface area (Å²) in [5.41, 5.74) is 1.48. The monoisotopic (exact) mass is 451 g/mol. The van der Waals surface area contributed by atoms with Gasteiger partial charge in [-0.3, -0.25) is 9.69 Å². The van der Waals surface area contributed by atoms with Crippen LogP contribution in [0.3, 0.4) is 0 Å². The van der Waals surface area contributed by atoms with Crippen molar-refractivity contribution in [2.24, 2.45) is 0 Å². The van der Waals surface area contributed by atoms with Crippen molar-refractivity contribution in [2.45, 2.75) is 6.92 Å². The summed E-state index contributed by atoms with van der Waals surface area (Å²) in [5.74, 6) is 0.471. The molecule has 0 atom stereocenters. The molecule has 0 radical (unpaired) electrons. The lowest BCUT2D eigenvalue weighted by atomic mass is 10.1. The second-order valence-corrected chi connectivity index (χ2v) is 8.21. The number of thiocarbonyl (C=S) groups is 1. The molecule has 1 aromatic heterocycles. The van der Waals surface area contributed by atoms with Gasteiger partial charge in [0, 0.05) is 11.6 Å². The van der Waals surface area contributed by atoms with Gasteiger partial charge in [-0.1, -0.05) is 36.1 Å². The third kappa shape index (κ3) is 4.40. The van der Waals surface area contributed by atoms with Crippen molar-refractivity contribution in [1.29, 1.82) is 0 Å². The van der Waals surface area contributed by atoms with Crippen LogP contribution in [0.15, 0.2) is 70.0 Å². The van der Waals surface area contributed by atoms with E-state index in [1.807, 2.05) is 6.92 Å². The third-order valence-corrected chi connectivity index (χ3v) is 5.80. The van der Waals surface area contributed by atoms with E-state index in [9.17, 15) is 9.59 Å². The van der Waals surface area contributed by atoms with Crippen LogP contribution in [0.2, 0.25) is 0 Å². The van der Waals surface area contributed by atoms with E-state index in [1.165, 1.54) is 28.8 Å². The largest absolute Gasteiger partial charge is 0.494 e. The topological polar surface area (TPSA) is 80.0 Å². The lowest BCUT2D eigenvalue weighted by Crippen LogP contribution is -2.27. The highest BCUT2D eigenvalue weighted by atomic mass is 32.2.